The number of likely N-dealkylation sites (N-methyl/N-ethyl adjacent to an activating group) is 1. The van der Waals surface area contributed by atoms with Gasteiger partial charge in [0.25, 0.3) is 5.69 Å². The van der Waals surface area contributed by atoms with E-state index >= 15 is 0 Å². The van der Waals surface area contributed by atoms with Gasteiger partial charge in [0, 0.05) is 25.7 Å². The highest BCUT2D eigenvalue weighted by Crippen LogP contribution is 2.28. The zero-order valence-corrected chi connectivity index (χ0v) is 18.1. The molecule has 34 heavy (non-hydrogen) atoms. The number of carbonyl (C=O) groups is 3. The Morgan fingerprint density at radius 1 is 0.971 bits per heavy atom. The summed E-state index contributed by atoms with van der Waals surface area (Å²) in [6, 6.07) is 17.1. The van der Waals surface area contributed by atoms with E-state index < -0.39 is 40.8 Å². The SMILES string of the molecule is CN(C(=O)CN(Cc1ccccc1)C(=O)O)c1ccc([N+](=O)[O-])cc1C(=O)c1ccccc1F. The average Bonchev–Trinajstić information content (AvgIpc) is 2.83. The molecule has 0 aromatic heterocycles. The molecule has 174 valence electrons. The first-order valence-electron chi connectivity index (χ1n) is 10.0. The summed E-state index contributed by atoms with van der Waals surface area (Å²) in [4.78, 5) is 50.2. The number of hydrogen-bond acceptors (Lipinski definition) is 5. The molecule has 0 unspecified atom stereocenters. The van der Waals surface area contributed by atoms with Crippen LogP contribution >= 0.6 is 0 Å². The van der Waals surface area contributed by atoms with E-state index in [4.69, 9.17) is 0 Å². The van der Waals surface area contributed by atoms with E-state index in [1.165, 1.54) is 31.3 Å². The van der Waals surface area contributed by atoms with Gasteiger partial charge in [-0.25, -0.2) is 9.18 Å². The first kappa shape index (κ1) is 24.1. The van der Waals surface area contributed by atoms with Crippen LogP contribution in [-0.2, 0) is 11.3 Å². The number of carboxylic acid groups (broad SMARTS) is 1. The molecule has 1 N–H and O–H groups in total. The number of anilines is 1. The number of ketones is 1. The average molecular weight is 465 g/mol. The second-order valence-electron chi connectivity index (χ2n) is 7.34. The molecule has 2 amide bonds. The molecule has 10 heteroatoms. The lowest BCUT2D eigenvalue weighted by molar-refractivity contribution is -0.384. The van der Waals surface area contributed by atoms with E-state index in [2.05, 4.69) is 0 Å². The van der Waals surface area contributed by atoms with Crippen LogP contribution in [0.25, 0.3) is 0 Å². The molecule has 3 aromatic rings. The number of non-ortho nitro benzene ring substituents is 1. The highest BCUT2D eigenvalue weighted by atomic mass is 19.1. The molecule has 3 rings (SSSR count). The number of halogens is 1. The lowest BCUT2D eigenvalue weighted by atomic mass is 10.00. The summed E-state index contributed by atoms with van der Waals surface area (Å²) >= 11 is 0. The molecule has 9 nitrogen and oxygen atoms in total. The van der Waals surface area contributed by atoms with Crippen LogP contribution in [0.5, 0.6) is 0 Å². The molecule has 0 aliphatic rings. The third kappa shape index (κ3) is 5.41. The van der Waals surface area contributed by atoms with Crippen molar-refractivity contribution in [3.05, 3.63) is 105 Å². The van der Waals surface area contributed by atoms with E-state index in [9.17, 15) is 34.0 Å². The van der Waals surface area contributed by atoms with Gasteiger partial charge in [-0.2, -0.15) is 0 Å². The van der Waals surface area contributed by atoms with Gasteiger partial charge in [0.2, 0.25) is 5.91 Å². The molecular weight excluding hydrogens is 445 g/mol. The Hall–Kier alpha value is -4.60. The van der Waals surface area contributed by atoms with E-state index in [1.54, 1.807) is 30.3 Å². The Morgan fingerprint density at radius 2 is 1.62 bits per heavy atom. The van der Waals surface area contributed by atoms with Crippen molar-refractivity contribution < 1.29 is 28.8 Å². The molecule has 0 saturated heterocycles. The molecule has 0 bridgehead atoms. The fourth-order valence-corrected chi connectivity index (χ4v) is 3.30. The molecule has 3 aromatic carbocycles. The predicted octanol–water partition coefficient (Wildman–Crippen LogP) is 4.11. The smallest absolute Gasteiger partial charge is 0.408 e. The van der Waals surface area contributed by atoms with Gasteiger partial charge in [0.15, 0.2) is 5.78 Å². The van der Waals surface area contributed by atoms with Crippen LogP contribution in [0.1, 0.15) is 21.5 Å². The molecule has 0 aliphatic heterocycles. The molecule has 0 spiro atoms. The Kier molecular flexibility index (Phi) is 7.32. The van der Waals surface area contributed by atoms with E-state index in [-0.39, 0.29) is 23.4 Å². The summed E-state index contributed by atoms with van der Waals surface area (Å²) < 4.78 is 14.2. The second-order valence-corrected chi connectivity index (χ2v) is 7.34. The van der Waals surface area contributed by atoms with Gasteiger partial charge in [0.1, 0.15) is 12.4 Å². The van der Waals surface area contributed by atoms with Gasteiger partial charge >= 0.3 is 6.09 Å². The van der Waals surface area contributed by atoms with Crippen molar-refractivity contribution >= 4 is 29.2 Å². The number of carbonyl (C=O) groups excluding carboxylic acids is 2. The van der Waals surface area contributed by atoms with Crippen LogP contribution in [0.2, 0.25) is 0 Å². The lowest BCUT2D eigenvalue weighted by Crippen LogP contribution is -2.41. The maximum atomic E-state index is 14.2. The fourth-order valence-electron chi connectivity index (χ4n) is 3.30. The minimum Gasteiger partial charge on any atom is -0.465 e. The molecular formula is C24H20FN3O6. The Balaban J connectivity index is 1.93. The Bertz CT molecular complexity index is 1250. The van der Waals surface area contributed by atoms with Crippen molar-refractivity contribution in [2.75, 3.05) is 18.5 Å². The monoisotopic (exact) mass is 465 g/mol. The highest BCUT2D eigenvalue weighted by Gasteiger charge is 2.26. The van der Waals surface area contributed by atoms with E-state index in [0.29, 0.717) is 5.56 Å². The van der Waals surface area contributed by atoms with Gasteiger partial charge in [0.05, 0.1) is 21.7 Å². The van der Waals surface area contributed by atoms with E-state index in [1.807, 2.05) is 0 Å². The van der Waals surface area contributed by atoms with E-state index in [0.717, 1.165) is 28.0 Å². The zero-order valence-electron chi connectivity index (χ0n) is 18.1. The number of rotatable bonds is 8. The van der Waals surface area contributed by atoms with Crippen LogP contribution in [0.15, 0.2) is 72.8 Å². The number of benzene rings is 3. The normalized spacial score (nSPS) is 10.4. The van der Waals surface area contributed by atoms with Crippen LogP contribution in [0.3, 0.4) is 0 Å². The predicted molar refractivity (Wildman–Crippen MR) is 121 cm³/mol. The first-order valence-corrected chi connectivity index (χ1v) is 10.0. The van der Waals surface area contributed by atoms with Crippen molar-refractivity contribution in [3.63, 3.8) is 0 Å². The lowest BCUT2D eigenvalue weighted by Gasteiger charge is -2.24. The summed E-state index contributed by atoms with van der Waals surface area (Å²) in [7, 11) is 1.31. The van der Waals surface area contributed by atoms with Crippen molar-refractivity contribution in [3.8, 4) is 0 Å². The minimum atomic E-state index is -1.32. The van der Waals surface area contributed by atoms with Crippen molar-refractivity contribution in [1.82, 2.24) is 4.90 Å². The van der Waals surface area contributed by atoms with Crippen LogP contribution in [-0.4, -0.2) is 46.3 Å². The minimum absolute atomic E-state index is 0.0195. The molecule has 0 atom stereocenters. The third-order valence-corrected chi connectivity index (χ3v) is 5.10. The molecule has 0 radical (unpaired) electrons. The summed E-state index contributed by atoms with van der Waals surface area (Å²) in [5.41, 5.74) is -0.345. The molecule has 0 fully saturated rings. The van der Waals surface area contributed by atoms with Crippen molar-refractivity contribution in [2.24, 2.45) is 0 Å². The topological polar surface area (TPSA) is 121 Å². The van der Waals surface area contributed by atoms with Gasteiger partial charge in [-0.15, -0.1) is 0 Å². The quantitative estimate of drug-likeness (QED) is 0.304. The van der Waals surface area contributed by atoms with Crippen molar-refractivity contribution in [1.29, 1.82) is 0 Å². The number of nitro benzene ring substituents is 1. The first-order chi connectivity index (χ1) is 16.2. The van der Waals surface area contributed by atoms with Gasteiger partial charge in [-0.1, -0.05) is 42.5 Å². The van der Waals surface area contributed by atoms with Crippen LogP contribution in [0.4, 0.5) is 20.6 Å². The maximum absolute atomic E-state index is 14.2. The van der Waals surface area contributed by atoms with Crippen LogP contribution in [0, 0.1) is 15.9 Å². The highest BCUT2D eigenvalue weighted by molar-refractivity contribution is 6.14. The zero-order chi connectivity index (χ0) is 24.8. The number of nitro groups is 1. The molecule has 0 aliphatic carbocycles. The summed E-state index contributed by atoms with van der Waals surface area (Å²) in [6.45, 7) is -0.581. The summed E-state index contributed by atoms with van der Waals surface area (Å²) in [5.74, 6) is -2.36. The standard InChI is InChI=1S/C24H20FN3O6/c1-26(22(29)15-27(24(31)32)14-16-7-3-2-4-8-16)21-12-11-17(28(33)34)13-19(21)23(30)18-9-5-6-10-20(18)25/h2-13H,14-15H2,1H3,(H,31,32). The molecule has 0 heterocycles. The number of nitrogens with zero attached hydrogens (tertiary/aromatic N) is 3. The number of amides is 2. The van der Waals surface area contributed by atoms with Gasteiger partial charge in [-0.05, 0) is 23.8 Å². The molecule has 0 saturated carbocycles. The Labute approximate surface area is 193 Å². The fraction of sp³-hybridized carbons (Fsp3) is 0.125. The second kappa shape index (κ2) is 10.3. The van der Waals surface area contributed by atoms with Gasteiger partial charge in [-0.3, -0.25) is 24.6 Å². The van der Waals surface area contributed by atoms with Crippen LogP contribution < -0.4 is 4.90 Å². The number of hydrogen-bond donors (Lipinski definition) is 1. The maximum Gasteiger partial charge on any atom is 0.408 e. The summed E-state index contributed by atoms with van der Waals surface area (Å²) in [6.07, 6.45) is -1.32. The Morgan fingerprint density at radius 3 is 2.24 bits per heavy atom. The van der Waals surface area contributed by atoms with Crippen molar-refractivity contribution in [2.45, 2.75) is 6.54 Å². The third-order valence-electron chi connectivity index (χ3n) is 5.10. The largest absolute Gasteiger partial charge is 0.465 e. The summed E-state index contributed by atoms with van der Waals surface area (Å²) in [5, 5.41) is 20.8. The van der Waals surface area contributed by atoms with Gasteiger partial charge < -0.3 is 10.0 Å².